The molecule has 0 aliphatic carbocycles. The number of rotatable bonds is 7. The summed E-state index contributed by atoms with van der Waals surface area (Å²) < 4.78 is 11.7. The molecule has 0 bridgehead atoms. The summed E-state index contributed by atoms with van der Waals surface area (Å²) in [6.07, 6.45) is 6.47. The fraction of sp³-hybridized carbons (Fsp3) is 0.567. The molecule has 0 saturated carbocycles. The van der Waals surface area contributed by atoms with Crippen LogP contribution in [0.15, 0.2) is 48.5 Å². The predicted octanol–water partition coefficient (Wildman–Crippen LogP) is 6.44. The van der Waals surface area contributed by atoms with Crippen molar-refractivity contribution < 1.29 is 14.3 Å². The SMILES string of the molecule is CC(C)(C)OC(=O)N1CCC(CCCOc2ccc3c(c2)CN(Cc2ccccc2)CCC3)CC1. The second-order valence-electron chi connectivity index (χ2n) is 11.1. The van der Waals surface area contributed by atoms with Crippen LogP contribution in [0.5, 0.6) is 5.75 Å². The van der Waals surface area contributed by atoms with Crippen LogP contribution in [0.1, 0.15) is 69.6 Å². The van der Waals surface area contributed by atoms with Gasteiger partial charge in [-0.3, -0.25) is 4.90 Å². The summed E-state index contributed by atoms with van der Waals surface area (Å²) >= 11 is 0. The van der Waals surface area contributed by atoms with Gasteiger partial charge < -0.3 is 14.4 Å². The Hall–Kier alpha value is -2.53. The van der Waals surface area contributed by atoms with Crippen LogP contribution in [-0.4, -0.2) is 47.7 Å². The normalized spacial score (nSPS) is 17.5. The molecule has 0 unspecified atom stereocenters. The molecule has 190 valence electrons. The number of piperidine rings is 1. The Morgan fingerprint density at radius 3 is 2.51 bits per heavy atom. The van der Waals surface area contributed by atoms with E-state index in [-0.39, 0.29) is 6.09 Å². The van der Waals surface area contributed by atoms with Crippen molar-refractivity contribution in [3.05, 3.63) is 65.2 Å². The lowest BCUT2D eigenvalue weighted by Crippen LogP contribution is -2.41. The van der Waals surface area contributed by atoms with Crippen LogP contribution in [0.25, 0.3) is 0 Å². The Labute approximate surface area is 211 Å². The highest BCUT2D eigenvalue weighted by Gasteiger charge is 2.26. The quantitative estimate of drug-likeness (QED) is 0.429. The number of amides is 1. The zero-order valence-electron chi connectivity index (χ0n) is 21.8. The van der Waals surface area contributed by atoms with Crippen molar-refractivity contribution in [1.29, 1.82) is 0 Å². The van der Waals surface area contributed by atoms with Crippen molar-refractivity contribution >= 4 is 6.09 Å². The van der Waals surface area contributed by atoms with Gasteiger partial charge >= 0.3 is 6.09 Å². The minimum atomic E-state index is -0.429. The largest absolute Gasteiger partial charge is 0.494 e. The molecule has 1 amide bonds. The summed E-state index contributed by atoms with van der Waals surface area (Å²) in [6, 6.07) is 17.4. The number of aryl methyl sites for hydroxylation is 1. The summed E-state index contributed by atoms with van der Waals surface area (Å²) in [5, 5.41) is 0. The summed E-state index contributed by atoms with van der Waals surface area (Å²) in [7, 11) is 0. The number of ether oxygens (including phenoxy) is 2. The van der Waals surface area contributed by atoms with Crippen LogP contribution in [0.4, 0.5) is 4.79 Å². The van der Waals surface area contributed by atoms with E-state index < -0.39 is 5.60 Å². The molecule has 2 aromatic rings. The predicted molar refractivity (Wildman–Crippen MR) is 141 cm³/mol. The molecule has 2 aromatic carbocycles. The Morgan fingerprint density at radius 1 is 1.00 bits per heavy atom. The molecule has 2 aliphatic rings. The standard InChI is InChI=1S/C30H42N2O3/c1-30(2,3)35-29(33)32-18-15-24(16-19-32)11-8-20-34-28-14-13-26-12-7-17-31(23-27(26)21-28)22-25-9-5-4-6-10-25/h4-6,9-10,13-14,21,24H,7-8,11-12,15-20,22-23H2,1-3H3. The molecule has 0 aromatic heterocycles. The molecule has 5 nitrogen and oxygen atoms in total. The van der Waals surface area contributed by atoms with Crippen molar-refractivity contribution in [2.24, 2.45) is 5.92 Å². The van der Waals surface area contributed by atoms with Crippen LogP contribution >= 0.6 is 0 Å². The van der Waals surface area contributed by atoms with E-state index in [1.807, 2.05) is 25.7 Å². The van der Waals surface area contributed by atoms with E-state index in [0.29, 0.717) is 5.92 Å². The van der Waals surface area contributed by atoms with E-state index in [9.17, 15) is 4.79 Å². The number of hydrogen-bond donors (Lipinski definition) is 0. The van der Waals surface area contributed by atoms with Gasteiger partial charge in [-0.15, -0.1) is 0 Å². The summed E-state index contributed by atoms with van der Waals surface area (Å²) in [5.74, 6) is 1.65. The number of likely N-dealkylation sites (tertiary alicyclic amines) is 1. The molecule has 1 saturated heterocycles. The summed E-state index contributed by atoms with van der Waals surface area (Å²) in [6.45, 7) is 11.2. The van der Waals surface area contributed by atoms with Gasteiger partial charge in [-0.25, -0.2) is 4.79 Å². The second-order valence-corrected chi connectivity index (χ2v) is 11.1. The summed E-state index contributed by atoms with van der Waals surface area (Å²) in [5.41, 5.74) is 3.82. The molecule has 2 aliphatic heterocycles. The van der Waals surface area contributed by atoms with Crippen LogP contribution in [0.3, 0.4) is 0 Å². The first-order chi connectivity index (χ1) is 16.9. The zero-order chi connectivity index (χ0) is 24.7. The Balaban J connectivity index is 1.20. The van der Waals surface area contributed by atoms with Crippen LogP contribution in [0.2, 0.25) is 0 Å². The van der Waals surface area contributed by atoms with Crippen LogP contribution in [0, 0.1) is 5.92 Å². The van der Waals surface area contributed by atoms with Gasteiger partial charge in [-0.05, 0) is 101 Å². The van der Waals surface area contributed by atoms with Crippen molar-refractivity contribution in [1.82, 2.24) is 9.80 Å². The van der Waals surface area contributed by atoms with E-state index in [1.54, 1.807) is 0 Å². The average Bonchev–Trinajstić information content (AvgIpc) is 3.03. The van der Waals surface area contributed by atoms with Crippen molar-refractivity contribution in [3.63, 3.8) is 0 Å². The molecule has 0 radical (unpaired) electrons. The Bertz CT molecular complexity index is 946. The summed E-state index contributed by atoms with van der Waals surface area (Å²) in [4.78, 5) is 16.7. The number of nitrogens with zero attached hydrogens (tertiary/aromatic N) is 2. The Morgan fingerprint density at radius 2 is 1.77 bits per heavy atom. The molecule has 0 N–H and O–H groups in total. The lowest BCUT2D eigenvalue weighted by molar-refractivity contribution is 0.0179. The van der Waals surface area contributed by atoms with E-state index in [0.717, 1.165) is 77.2 Å². The van der Waals surface area contributed by atoms with Crippen LogP contribution in [-0.2, 0) is 24.2 Å². The lowest BCUT2D eigenvalue weighted by atomic mass is 9.92. The van der Waals surface area contributed by atoms with Gasteiger partial charge in [0.05, 0.1) is 6.61 Å². The van der Waals surface area contributed by atoms with Crippen molar-refractivity contribution in [2.75, 3.05) is 26.2 Å². The highest BCUT2D eigenvalue weighted by molar-refractivity contribution is 5.68. The molecule has 0 spiro atoms. The van der Waals surface area contributed by atoms with Gasteiger partial charge in [-0.1, -0.05) is 36.4 Å². The van der Waals surface area contributed by atoms with E-state index in [2.05, 4.69) is 53.4 Å². The molecule has 2 heterocycles. The van der Waals surface area contributed by atoms with Crippen molar-refractivity contribution in [3.8, 4) is 5.75 Å². The second kappa shape index (κ2) is 11.9. The third kappa shape index (κ3) is 7.99. The number of carbonyl (C=O) groups is 1. The molecule has 1 fully saturated rings. The van der Waals surface area contributed by atoms with E-state index in [4.69, 9.17) is 9.47 Å². The zero-order valence-corrected chi connectivity index (χ0v) is 21.8. The fourth-order valence-corrected chi connectivity index (χ4v) is 5.17. The molecular formula is C30H42N2O3. The third-order valence-electron chi connectivity index (χ3n) is 7.03. The Kier molecular flexibility index (Phi) is 8.72. The van der Waals surface area contributed by atoms with Gasteiger partial charge in [-0.2, -0.15) is 0 Å². The van der Waals surface area contributed by atoms with Gasteiger partial charge in [0.2, 0.25) is 0 Å². The maximum Gasteiger partial charge on any atom is 0.410 e. The number of carbonyl (C=O) groups excluding carboxylic acids is 1. The molecule has 5 heteroatoms. The first-order valence-corrected chi connectivity index (χ1v) is 13.3. The first kappa shape index (κ1) is 25.6. The first-order valence-electron chi connectivity index (χ1n) is 13.3. The van der Waals surface area contributed by atoms with Gasteiger partial charge in [0.1, 0.15) is 11.4 Å². The highest BCUT2D eigenvalue weighted by Crippen LogP contribution is 2.26. The highest BCUT2D eigenvalue weighted by atomic mass is 16.6. The van der Waals surface area contributed by atoms with Gasteiger partial charge in [0, 0.05) is 26.2 Å². The minimum absolute atomic E-state index is 0.176. The van der Waals surface area contributed by atoms with E-state index in [1.165, 1.54) is 23.1 Å². The monoisotopic (exact) mass is 478 g/mol. The van der Waals surface area contributed by atoms with Crippen LogP contribution < -0.4 is 4.74 Å². The molecule has 0 atom stereocenters. The number of hydrogen-bond acceptors (Lipinski definition) is 4. The van der Waals surface area contributed by atoms with Gasteiger partial charge in [0.25, 0.3) is 0 Å². The molecular weight excluding hydrogens is 436 g/mol. The minimum Gasteiger partial charge on any atom is -0.494 e. The number of fused-ring (bicyclic) bond motifs is 1. The lowest BCUT2D eigenvalue weighted by Gasteiger charge is -2.33. The smallest absolute Gasteiger partial charge is 0.410 e. The van der Waals surface area contributed by atoms with Gasteiger partial charge in [0.15, 0.2) is 0 Å². The maximum absolute atomic E-state index is 12.3. The third-order valence-corrected chi connectivity index (χ3v) is 7.03. The molecule has 4 rings (SSSR count). The van der Waals surface area contributed by atoms with E-state index >= 15 is 0 Å². The average molecular weight is 479 g/mol. The topological polar surface area (TPSA) is 42.0 Å². The van der Waals surface area contributed by atoms with Crippen molar-refractivity contribution in [2.45, 2.75) is 78.0 Å². The molecule has 35 heavy (non-hydrogen) atoms. The number of benzene rings is 2. The fourth-order valence-electron chi connectivity index (χ4n) is 5.17. The maximum atomic E-state index is 12.3.